The molecule has 0 heterocycles. The summed E-state index contributed by atoms with van der Waals surface area (Å²) >= 11 is 0. The van der Waals surface area contributed by atoms with Gasteiger partial charge in [-0.2, -0.15) is 0 Å². The Morgan fingerprint density at radius 2 is 2.00 bits per heavy atom. The van der Waals surface area contributed by atoms with Crippen LogP contribution in [0.15, 0.2) is 0 Å². The van der Waals surface area contributed by atoms with Crippen LogP contribution in [0.5, 0.6) is 0 Å². The van der Waals surface area contributed by atoms with Crippen molar-refractivity contribution in [3.05, 3.63) is 0 Å². The Morgan fingerprint density at radius 1 is 1.56 bits per heavy atom. The number of rotatable bonds is 2. The van der Waals surface area contributed by atoms with Gasteiger partial charge in [-0.15, -0.1) is 5.06 Å². The van der Waals surface area contributed by atoms with E-state index in [0.717, 1.165) is 0 Å². The highest BCUT2D eigenvalue weighted by molar-refractivity contribution is 5.68. The molecule has 0 aliphatic heterocycles. The maximum atomic E-state index is 10.4. The Hall–Kier alpha value is -0.570. The lowest BCUT2D eigenvalue weighted by molar-refractivity contribution is -0.177. The Morgan fingerprint density at radius 3 is 2.11 bits per heavy atom. The standard InChI is InChI=1S/C5H11NO2.CH4/c1-4-5(7)8-6(2)3;/h4H2,1-3H3;1H4. The molecule has 9 heavy (non-hydrogen) atoms. The smallest absolute Gasteiger partial charge is 0.324 e. The van der Waals surface area contributed by atoms with Gasteiger partial charge in [0.1, 0.15) is 0 Å². The van der Waals surface area contributed by atoms with Gasteiger partial charge >= 0.3 is 5.97 Å². The zero-order valence-electron chi connectivity index (χ0n) is 5.47. The van der Waals surface area contributed by atoms with Crippen molar-refractivity contribution >= 4 is 5.97 Å². The van der Waals surface area contributed by atoms with Gasteiger partial charge in [0.2, 0.25) is 0 Å². The second-order valence-corrected chi connectivity index (χ2v) is 1.63. The molecule has 3 heteroatoms. The van der Waals surface area contributed by atoms with E-state index in [1.807, 2.05) is 0 Å². The normalized spacial score (nSPS) is 8.44. The van der Waals surface area contributed by atoms with Gasteiger partial charge in [-0.3, -0.25) is 4.79 Å². The molecule has 0 saturated carbocycles. The molecule has 0 atom stereocenters. The van der Waals surface area contributed by atoms with E-state index < -0.39 is 0 Å². The average Bonchev–Trinajstić information content (AvgIpc) is 1.65. The van der Waals surface area contributed by atoms with Crippen LogP contribution in [-0.4, -0.2) is 25.1 Å². The number of hydrogen-bond donors (Lipinski definition) is 0. The molecule has 0 fully saturated rings. The number of carbonyl (C=O) groups excluding carboxylic acids is 1. The van der Waals surface area contributed by atoms with E-state index in [1.54, 1.807) is 21.0 Å². The highest BCUT2D eigenvalue weighted by atomic mass is 16.7. The van der Waals surface area contributed by atoms with Crippen LogP contribution in [0.4, 0.5) is 0 Å². The topological polar surface area (TPSA) is 29.5 Å². The molecule has 0 aromatic carbocycles. The van der Waals surface area contributed by atoms with E-state index >= 15 is 0 Å². The predicted molar refractivity (Wildman–Crippen MR) is 36.8 cm³/mol. The second-order valence-electron chi connectivity index (χ2n) is 1.63. The lowest BCUT2D eigenvalue weighted by Crippen LogP contribution is -2.17. The van der Waals surface area contributed by atoms with E-state index in [2.05, 4.69) is 4.84 Å². The molecule has 0 N–H and O–H groups in total. The highest BCUT2D eigenvalue weighted by Gasteiger charge is 1.97. The van der Waals surface area contributed by atoms with Crippen molar-refractivity contribution in [2.75, 3.05) is 14.1 Å². The van der Waals surface area contributed by atoms with Crippen LogP contribution in [0.1, 0.15) is 20.8 Å². The van der Waals surface area contributed by atoms with Crippen LogP contribution in [0.25, 0.3) is 0 Å². The monoisotopic (exact) mass is 133 g/mol. The van der Waals surface area contributed by atoms with Crippen molar-refractivity contribution in [2.24, 2.45) is 0 Å². The number of hydroxylamine groups is 2. The summed E-state index contributed by atoms with van der Waals surface area (Å²) in [4.78, 5) is 15.0. The third-order valence-corrected chi connectivity index (χ3v) is 0.573. The Bertz CT molecular complexity index is 81.1. The first kappa shape index (κ1) is 11.3. The van der Waals surface area contributed by atoms with Gasteiger partial charge in [0.05, 0.1) is 0 Å². The minimum absolute atomic E-state index is 0. The van der Waals surface area contributed by atoms with Crippen LogP contribution in [-0.2, 0) is 9.63 Å². The van der Waals surface area contributed by atoms with Gasteiger partial charge in [0.25, 0.3) is 0 Å². The summed E-state index contributed by atoms with van der Waals surface area (Å²) in [5.41, 5.74) is 0. The summed E-state index contributed by atoms with van der Waals surface area (Å²) in [5.74, 6) is -0.199. The molecule has 3 nitrogen and oxygen atoms in total. The first-order valence-corrected chi connectivity index (χ1v) is 2.55. The van der Waals surface area contributed by atoms with Crippen LogP contribution < -0.4 is 0 Å². The molecule has 0 aliphatic rings. The van der Waals surface area contributed by atoms with Crippen molar-refractivity contribution in [1.29, 1.82) is 0 Å². The zero-order chi connectivity index (χ0) is 6.57. The number of carbonyl (C=O) groups is 1. The molecule has 0 rings (SSSR count). The molecule has 0 unspecified atom stereocenters. The van der Waals surface area contributed by atoms with Crippen molar-refractivity contribution in [1.82, 2.24) is 5.06 Å². The van der Waals surface area contributed by atoms with Crippen molar-refractivity contribution in [2.45, 2.75) is 20.8 Å². The molecule has 0 amide bonds. The third kappa shape index (κ3) is 7.43. The fourth-order valence-corrected chi connectivity index (χ4v) is 0.268. The predicted octanol–water partition coefficient (Wildman–Crippen LogP) is 1.05. The van der Waals surface area contributed by atoms with Crippen molar-refractivity contribution in [3.63, 3.8) is 0 Å². The van der Waals surface area contributed by atoms with Gasteiger partial charge in [0, 0.05) is 20.5 Å². The lowest BCUT2D eigenvalue weighted by Gasteiger charge is -2.07. The molecule has 0 radical (unpaired) electrons. The summed E-state index contributed by atoms with van der Waals surface area (Å²) in [7, 11) is 3.35. The van der Waals surface area contributed by atoms with Crippen LogP contribution in [0.2, 0.25) is 0 Å². The number of nitrogens with zero attached hydrogens (tertiary/aromatic N) is 1. The molecule has 0 bridgehead atoms. The molecule has 56 valence electrons. The SMILES string of the molecule is C.CCC(=O)ON(C)C. The zero-order valence-corrected chi connectivity index (χ0v) is 5.47. The van der Waals surface area contributed by atoms with E-state index in [1.165, 1.54) is 5.06 Å². The first-order chi connectivity index (χ1) is 3.66. The van der Waals surface area contributed by atoms with Gasteiger partial charge < -0.3 is 4.84 Å². The van der Waals surface area contributed by atoms with E-state index in [-0.39, 0.29) is 13.4 Å². The van der Waals surface area contributed by atoms with Crippen LogP contribution >= 0.6 is 0 Å². The average molecular weight is 133 g/mol. The summed E-state index contributed by atoms with van der Waals surface area (Å²) in [6, 6.07) is 0. The lowest BCUT2D eigenvalue weighted by atomic mass is 10.5. The van der Waals surface area contributed by atoms with Crippen LogP contribution in [0.3, 0.4) is 0 Å². The van der Waals surface area contributed by atoms with Gasteiger partial charge in [-0.25, -0.2) is 0 Å². The molecule has 0 aliphatic carbocycles. The Kier molecular flexibility index (Phi) is 6.96. The molecule has 0 aromatic rings. The number of hydrogen-bond acceptors (Lipinski definition) is 3. The fraction of sp³-hybridized carbons (Fsp3) is 0.833. The molecular formula is C6H15NO2. The Balaban J connectivity index is 0. The first-order valence-electron chi connectivity index (χ1n) is 2.55. The minimum atomic E-state index is -0.199. The second kappa shape index (κ2) is 5.56. The molecular weight excluding hydrogens is 118 g/mol. The maximum Gasteiger partial charge on any atom is 0.324 e. The van der Waals surface area contributed by atoms with E-state index in [0.29, 0.717) is 6.42 Å². The quantitative estimate of drug-likeness (QED) is 0.527. The summed E-state index contributed by atoms with van der Waals surface area (Å²) < 4.78 is 0. The van der Waals surface area contributed by atoms with Crippen molar-refractivity contribution < 1.29 is 9.63 Å². The molecule has 0 aromatic heterocycles. The third-order valence-electron chi connectivity index (χ3n) is 0.573. The largest absolute Gasteiger partial charge is 0.369 e. The minimum Gasteiger partial charge on any atom is -0.369 e. The molecule has 0 saturated heterocycles. The summed E-state index contributed by atoms with van der Waals surface area (Å²) in [5, 5.41) is 1.38. The molecule has 0 spiro atoms. The fourth-order valence-electron chi connectivity index (χ4n) is 0.268. The Labute approximate surface area is 56.6 Å². The van der Waals surface area contributed by atoms with Gasteiger partial charge in [0.15, 0.2) is 0 Å². The van der Waals surface area contributed by atoms with Gasteiger partial charge in [-0.05, 0) is 0 Å². The van der Waals surface area contributed by atoms with E-state index in [9.17, 15) is 4.79 Å². The highest BCUT2D eigenvalue weighted by Crippen LogP contribution is 1.84. The van der Waals surface area contributed by atoms with Crippen molar-refractivity contribution in [3.8, 4) is 0 Å². The summed E-state index contributed by atoms with van der Waals surface area (Å²) in [6.07, 6.45) is 0.429. The van der Waals surface area contributed by atoms with Crippen LogP contribution in [0, 0.1) is 0 Å². The van der Waals surface area contributed by atoms with Gasteiger partial charge in [-0.1, -0.05) is 14.4 Å². The summed E-state index contributed by atoms with van der Waals surface area (Å²) in [6.45, 7) is 1.76. The maximum absolute atomic E-state index is 10.4. The van der Waals surface area contributed by atoms with E-state index in [4.69, 9.17) is 0 Å².